The van der Waals surface area contributed by atoms with Gasteiger partial charge in [-0.3, -0.25) is 9.69 Å². The summed E-state index contributed by atoms with van der Waals surface area (Å²) in [5.41, 5.74) is 0. The maximum Gasteiger partial charge on any atom is 0.234 e. The van der Waals surface area contributed by atoms with Crippen LogP contribution in [0.5, 0.6) is 0 Å². The van der Waals surface area contributed by atoms with E-state index in [4.69, 9.17) is 0 Å². The first-order chi connectivity index (χ1) is 8.11. The van der Waals surface area contributed by atoms with Gasteiger partial charge in [0.05, 0.1) is 6.54 Å². The topological polar surface area (TPSA) is 44.4 Å². The molecule has 1 aliphatic heterocycles. The zero-order chi connectivity index (χ0) is 12.7. The number of nitrogens with zero attached hydrogens (tertiary/aromatic N) is 1. The predicted molar refractivity (Wildman–Crippen MR) is 71.0 cm³/mol. The Hall–Kier alpha value is -0.610. The first-order valence-corrected chi connectivity index (χ1v) is 6.83. The Labute approximate surface area is 105 Å². The Morgan fingerprint density at radius 2 is 2.29 bits per heavy atom. The van der Waals surface area contributed by atoms with Crippen molar-refractivity contribution in [3.05, 3.63) is 0 Å². The van der Waals surface area contributed by atoms with E-state index >= 15 is 0 Å². The van der Waals surface area contributed by atoms with Gasteiger partial charge in [-0.1, -0.05) is 13.3 Å². The first kappa shape index (κ1) is 14.5. The molecule has 4 nitrogen and oxygen atoms in total. The molecule has 1 fully saturated rings. The maximum atomic E-state index is 11.7. The van der Waals surface area contributed by atoms with E-state index in [1.54, 1.807) is 0 Å². The largest absolute Gasteiger partial charge is 0.353 e. The average Bonchev–Trinajstić information content (AvgIpc) is 2.29. The summed E-state index contributed by atoms with van der Waals surface area (Å²) in [6.45, 7) is 6.72. The maximum absolute atomic E-state index is 11.7. The van der Waals surface area contributed by atoms with Gasteiger partial charge in [0, 0.05) is 18.6 Å². The molecular formula is C13H27N3O. The van der Waals surface area contributed by atoms with E-state index in [1.807, 2.05) is 14.0 Å². The van der Waals surface area contributed by atoms with Crippen LogP contribution < -0.4 is 10.6 Å². The van der Waals surface area contributed by atoms with Gasteiger partial charge in [0.15, 0.2) is 0 Å². The van der Waals surface area contributed by atoms with Crippen molar-refractivity contribution in [1.29, 1.82) is 0 Å². The van der Waals surface area contributed by atoms with Gasteiger partial charge in [-0.2, -0.15) is 0 Å². The predicted octanol–water partition coefficient (Wildman–Crippen LogP) is 0.975. The van der Waals surface area contributed by atoms with Crippen LogP contribution >= 0.6 is 0 Å². The summed E-state index contributed by atoms with van der Waals surface area (Å²) in [7, 11) is 2.02. The molecule has 1 aliphatic rings. The van der Waals surface area contributed by atoms with Crippen LogP contribution in [0.3, 0.4) is 0 Å². The van der Waals surface area contributed by atoms with Crippen LogP contribution in [-0.4, -0.2) is 49.6 Å². The summed E-state index contributed by atoms with van der Waals surface area (Å²) in [5.74, 6) is 0.137. The molecule has 0 aliphatic carbocycles. The fourth-order valence-corrected chi connectivity index (χ4v) is 2.19. The van der Waals surface area contributed by atoms with Gasteiger partial charge in [-0.15, -0.1) is 0 Å². The molecule has 1 saturated heterocycles. The minimum absolute atomic E-state index is 0.137. The Morgan fingerprint density at radius 1 is 1.53 bits per heavy atom. The number of carbonyl (C=O) groups excluding carboxylic acids is 1. The summed E-state index contributed by atoms with van der Waals surface area (Å²) in [5, 5.41) is 6.50. The molecule has 0 saturated carbocycles. The summed E-state index contributed by atoms with van der Waals surface area (Å²) < 4.78 is 0. The standard InChI is InChI=1S/C13H27N3O/c1-4-11(2)15-13(17)10-16(3)9-12-7-5-6-8-14-12/h11-12,14H,4-10H2,1-3H3,(H,15,17). The van der Waals surface area contributed by atoms with Crippen LogP contribution in [-0.2, 0) is 4.79 Å². The van der Waals surface area contributed by atoms with Crippen LogP contribution in [0.15, 0.2) is 0 Å². The van der Waals surface area contributed by atoms with Crippen molar-refractivity contribution >= 4 is 5.91 Å². The molecule has 100 valence electrons. The number of nitrogens with one attached hydrogen (secondary N) is 2. The lowest BCUT2D eigenvalue weighted by Crippen LogP contribution is -2.46. The van der Waals surface area contributed by atoms with Crippen molar-refractivity contribution in [2.24, 2.45) is 0 Å². The number of amides is 1. The fraction of sp³-hybridized carbons (Fsp3) is 0.923. The molecule has 1 amide bonds. The van der Waals surface area contributed by atoms with Crippen LogP contribution in [0.1, 0.15) is 39.5 Å². The molecule has 17 heavy (non-hydrogen) atoms. The molecule has 0 radical (unpaired) electrons. The molecule has 0 spiro atoms. The van der Waals surface area contributed by atoms with Crippen molar-refractivity contribution in [3.63, 3.8) is 0 Å². The van der Waals surface area contributed by atoms with Gasteiger partial charge in [0.1, 0.15) is 0 Å². The SMILES string of the molecule is CCC(C)NC(=O)CN(C)CC1CCCCN1. The van der Waals surface area contributed by atoms with Gasteiger partial charge < -0.3 is 10.6 Å². The molecule has 2 unspecified atom stereocenters. The summed E-state index contributed by atoms with van der Waals surface area (Å²) >= 11 is 0. The molecule has 0 aromatic rings. The third-order valence-electron chi connectivity index (χ3n) is 3.38. The number of hydrogen-bond donors (Lipinski definition) is 2. The van der Waals surface area contributed by atoms with E-state index in [-0.39, 0.29) is 11.9 Å². The highest BCUT2D eigenvalue weighted by Crippen LogP contribution is 2.07. The van der Waals surface area contributed by atoms with Crippen molar-refractivity contribution < 1.29 is 4.79 Å². The van der Waals surface area contributed by atoms with Crippen LogP contribution in [0.25, 0.3) is 0 Å². The Bertz CT molecular complexity index is 227. The van der Waals surface area contributed by atoms with Gasteiger partial charge in [0.2, 0.25) is 5.91 Å². The summed E-state index contributed by atoms with van der Waals surface area (Å²) in [6.07, 6.45) is 4.82. The lowest BCUT2D eigenvalue weighted by molar-refractivity contribution is -0.122. The molecule has 1 rings (SSSR count). The van der Waals surface area contributed by atoms with Gasteiger partial charge in [-0.05, 0) is 39.8 Å². The van der Waals surface area contributed by atoms with Crippen LogP contribution in [0.4, 0.5) is 0 Å². The highest BCUT2D eigenvalue weighted by atomic mass is 16.2. The Balaban J connectivity index is 2.18. The zero-order valence-corrected chi connectivity index (χ0v) is 11.5. The van der Waals surface area contributed by atoms with Gasteiger partial charge >= 0.3 is 0 Å². The second kappa shape index (κ2) is 7.67. The zero-order valence-electron chi connectivity index (χ0n) is 11.5. The van der Waals surface area contributed by atoms with Crippen molar-refractivity contribution in [1.82, 2.24) is 15.5 Å². The quantitative estimate of drug-likeness (QED) is 0.728. The second-order valence-electron chi connectivity index (χ2n) is 5.22. The Morgan fingerprint density at radius 3 is 2.88 bits per heavy atom. The van der Waals surface area contributed by atoms with E-state index in [2.05, 4.69) is 22.5 Å². The van der Waals surface area contributed by atoms with Crippen molar-refractivity contribution in [2.45, 2.75) is 51.6 Å². The molecule has 0 aromatic carbocycles. The highest BCUT2D eigenvalue weighted by Gasteiger charge is 2.16. The number of piperidine rings is 1. The smallest absolute Gasteiger partial charge is 0.234 e. The molecule has 2 atom stereocenters. The van der Waals surface area contributed by atoms with Crippen molar-refractivity contribution in [3.8, 4) is 0 Å². The second-order valence-corrected chi connectivity index (χ2v) is 5.22. The van der Waals surface area contributed by atoms with Gasteiger partial charge in [0.25, 0.3) is 0 Å². The summed E-state index contributed by atoms with van der Waals surface area (Å²) in [6, 6.07) is 0.842. The average molecular weight is 241 g/mol. The van der Waals surface area contributed by atoms with E-state index in [0.717, 1.165) is 19.5 Å². The third-order valence-corrected chi connectivity index (χ3v) is 3.38. The van der Waals surface area contributed by atoms with Crippen LogP contribution in [0.2, 0.25) is 0 Å². The first-order valence-electron chi connectivity index (χ1n) is 6.83. The molecular weight excluding hydrogens is 214 g/mol. The molecule has 0 aromatic heterocycles. The van der Waals surface area contributed by atoms with E-state index in [0.29, 0.717) is 12.6 Å². The summed E-state index contributed by atoms with van der Waals surface area (Å²) in [4.78, 5) is 13.8. The molecule has 0 bridgehead atoms. The van der Waals surface area contributed by atoms with Gasteiger partial charge in [-0.25, -0.2) is 0 Å². The lowest BCUT2D eigenvalue weighted by Gasteiger charge is -2.28. The minimum Gasteiger partial charge on any atom is -0.353 e. The number of carbonyl (C=O) groups is 1. The van der Waals surface area contributed by atoms with E-state index < -0.39 is 0 Å². The van der Waals surface area contributed by atoms with Crippen molar-refractivity contribution in [2.75, 3.05) is 26.7 Å². The van der Waals surface area contributed by atoms with Crippen LogP contribution in [0, 0.1) is 0 Å². The van der Waals surface area contributed by atoms with E-state index in [1.165, 1.54) is 19.3 Å². The fourth-order valence-electron chi connectivity index (χ4n) is 2.19. The minimum atomic E-state index is 0.137. The molecule has 4 heteroatoms. The number of rotatable bonds is 6. The molecule has 1 heterocycles. The monoisotopic (exact) mass is 241 g/mol. The Kier molecular flexibility index (Phi) is 6.52. The number of likely N-dealkylation sites (N-methyl/N-ethyl adjacent to an activating group) is 1. The molecule has 2 N–H and O–H groups in total. The third kappa shape index (κ3) is 6.03. The van der Waals surface area contributed by atoms with E-state index in [9.17, 15) is 4.79 Å². The lowest BCUT2D eigenvalue weighted by atomic mass is 10.0. The highest BCUT2D eigenvalue weighted by molar-refractivity contribution is 5.78. The normalized spacial score (nSPS) is 22.5. The number of hydrogen-bond acceptors (Lipinski definition) is 3.